The number of hydrogen-bond donors (Lipinski definition) is 0. The van der Waals surface area contributed by atoms with E-state index in [0.717, 1.165) is 12.8 Å². The number of epoxide rings is 1. The molecule has 4 rings (SSSR count). The molecule has 0 aromatic rings. The SMILES string of the molecule is CC1C(=O)OC2C1CCC1(C)C=CC(=O)C3OC321. The number of rotatable bonds is 0. The predicted octanol–water partition coefficient (Wildman–Crippen LogP) is 1.24. The van der Waals surface area contributed by atoms with E-state index in [1.165, 1.54) is 0 Å². The molecule has 0 N–H and O–H groups in total. The van der Waals surface area contributed by atoms with Crippen LogP contribution in [0.15, 0.2) is 12.2 Å². The highest BCUT2D eigenvalue weighted by Gasteiger charge is 2.79. The molecule has 0 amide bonds. The van der Waals surface area contributed by atoms with E-state index in [4.69, 9.17) is 9.47 Å². The van der Waals surface area contributed by atoms with Crippen LogP contribution >= 0.6 is 0 Å². The zero-order valence-corrected chi connectivity index (χ0v) is 10.5. The molecule has 4 aliphatic rings. The zero-order chi connectivity index (χ0) is 12.7. The van der Waals surface area contributed by atoms with Gasteiger partial charge in [0.25, 0.3) is 0 Å². The van der Waals surface area contributed by atoms with Crippen molar-refractivity contribution in [1.82, 2.24) is 0 Å². The molecule has 2 aliphatic carbocycles. The first-order chi connectivity index (χ1) is 8.49. The van der Waals surface area contributed by atoms with Gasteiger partial charge in [0, 0.05) is 11.3 Å². The summed E-state index contributed by atoms with van der Waals surface area (Å²) in [5.74, 6) is 0.0123. The Bertz CT molecular complexity index is 496. The first kappa shape index (κ1) is 10.7. The molecule has 6 unspecified atom stereocenters. The van der Waals surface area contributed by atoms with Gasteiger partial charge in [0.15, 0.2) is 11.9 Å². The molecule has 0 radical (unpaired) electrons. The summed E-state index contributed by atoms with van der Waals surface area (Å²) in [4.78, 5) is 23.6. The molecule has 6 atom stereocenters. The van der Waals surface area contributed by atoms with Crippen molar-refractivity contribution in [3.05, 3.63) is 12.2 Å². The maximum atomic E-state index is 11.8. The van der Waals surface area contributed by atoms with Crippen molar-refractivity contribution in [3.63, 3.8) is 0 Å². The van der Waals surface area contributed by atoms with Gasteiger partial charge in [-0.2, -0.15) is 0 Å². The van der Waals surface area contributed by atoms with Crippen LogP contribution in [0, 0.1) is 17.3 Å². The fourth-order valence-corrected chi connectivity index (χ4v) is 4.20. The van der Waals surface area contributed by atoms with Crippen LogP contribution in [0.5, 0.6) is 0 Å². The fourth-order valence-electron chi connectivity index (χ4n) is 4.20. The molecule has 3 fully saturated rings. The van der Waals surface area contributed by atoms with Crippen molar-refractivity contribution >= 4 is 11.8 Å². The van der Waals surface area contributed by atoms with E-state index in [2.05, 4.69) is 6.92 Å². The summed E-state index contributed by atoms with van der Waals surface area (Å²) in [7, 11) is 0. The highest BCUT2D eigenvalue weighted by molar-refractivity contribution is 5.99. The molecule has 4 nitrogen and oxygen atoms in total. The Hall–Kier alpha value is -1.16. The summed E-state index contributed by atoms with van der Waals surface area (Å²) in [5.41, 5.74) is -0.737. The van der Waals surface area contributed by atoms with Crippen LogP contribution in [0.25, 0.3) is 0 Å². The van der Waals surface area contributed by atoms with E-state index in [0.29, 0.717) is 0 Å². The van der Waals surface area contributed by atoms with Crippen LogP contribution in [0.1, 0.15) is 26.7 Å². The van der Waals surface area contributed by atoms with Gasteiger partial charge in [-0.3, -0.25) is 9.59 Å². The van der Waals surface area contributed by atoms with Gasteiger partial charge in [-0.1, -0.05) is 19.9 Å². The van der Waals surface area contributed by atoms with Crippen LogP contribution in [-0.4, -0.2) is 29.6 Å². The second-order valence-corrected chi connectivity index (χ2v) is 6.29. The number of ether oxygens (including phenoxy) is 2. The summed E-state index contributed by atoms with van der Waals surface area (Å²) in [6, 6.07) is 0. The molecular weight excluding hydrogens is 232 g/mol. The van der Waals surface area contributed by atoms with Gasteiger partial charge in [-0.25, -0.2) is 0 Å². The number of carbonyl (C=O) groups is 2. The van der Waals surface area contributed by atoms with Gasteiger partial charge in [0.1, 0.15) is 11.7 Å². The molecule has 2 heterocycles. The van der Waals surface area contributed by atoms with E-state index in [-0.39, 0.29) is 35.1 Å². The van der Waals surface area contributed by atoms with Gasteiger partial charge in [0.2, 0.25) is 0 Å². The Labute approximate surface area is 105 Å². The second-order valence-electron chi connectivity index (χ2n) is 6.29. The first-order valence-electron chi connectivity index (χ1n) is 6.61. The van der Waals surface area contributed by atoms with Crippen molar-refractivity contribution in [2.75, 3.05) is 0 Å². The molecule has 2 saturated heterocycles. The minimum atomic E-state index is -0.567. The maximum absolute atomic E-state index is 11.8. The van der Waals surface area contributed by atoms with Crippen molar-refractivity contribution in [3.8, 4) is 0 Å². The Morgan fingerprint density at radius 3 is 2.94 bits per heavy atom. The quantitative estimate of drug-likeness (QED) is 0.478. The lowest BCUT2D eigenvalue weighted by Gasteiger charge is -2.44. The average Bonchev–Trinajstić information content (AvgIpc) is 3.03. The molecule has 2 aliphatic heterocycles. The standard InChI is InChI=1S/C14H16O4/c1-7-8-3-5-13(2)6-4-9(15)11-14(13,18-11)10(8)17-12(7)16/h4,6-8,10-11H,3,5H2,1-2H3. The van der Waals surface area contributed by atoms with Crippen LogP contribution in [-0.2, 0) is 19.1 Å². The second kappa shape index (κ2) is 2.87. The monoisotopic (exact) mass is 248 g/mol. The summed E-state index contributed by atoms with van der Waals surface area (Å²) in [5, 5.41) is 0. The van der Waals surface area contributed by atoms with Gasteiger partial charge in [-0.05, 0) is 18.9 Å². The Morgan fingerprint density at radius 1 is 1.39 bits per heavy atom. The molecular formula is C14H16O4. The number of carbonyl (C=O) groups excluding carboxylic acids is 2. The topological polar surface area (TPSA) is 55.9 Å². The summed E-state index contributed by atoms with van der Waals surface area (Å²) < 4.78 is 11.4. The predicted molar refractivity (Wildman–Crippen MR) is 61.6 cm³/mol. The van der Waals surface area contributed by atoms with Crippen LogP contribution < -0.4 is 0 Å². The smallest absolute Gasteiger partial charge is 0.309 e. The number of esters is 1. The normalized spacial score (nSPS) is 56.6. The van der Waals surface area contributed by atoms with Crippen LogP contribution in [0.4, 0.5) is 0 Å². The Balaban J connectivity index is 1.82. The van der Waals surface area contributed by atoms with Crippen molar-refractivity contribution in [2.45, 2.75) is 44.5 Å². The molecule has 18 heavy (non-hydrogen) atoms. The molecule has 96 valence electrons. The molecule has 1 saturated carbocycles. The zero-order valence-electron chi connectivity index (χ0n) is 10.5. The molecule has 1 spiro atoms. The van der Waals surface area contributed by atoms with Crippen molar-refractivity contribution in [1.29, 1.82) is 0 Å². The highest BCUT2D eigenvalue weighted by atomic mass is 16.7. The highest BCUT2D eigenvalue weighted by Crippen LogP contribution is 2.65. The number of hydrogen-bond acceptors (Lipinski definition) is 4. The van der Waals surface area contributed by atoms with E-state index in [1.807, 2.05) is 13.0 Å². The molecule has 0 bridgehead atoms. The fraction of sp³-hybridized carbons (Fsp3) is 0.714. The largest absolute Gasteiger partial charge is 0.459 e. The third-order valence-corrected chi connectivity index (χ3v) is 5.48. The maximum Gasteiger partial charge on any atom is 0.309 e. The van der Waals surface area contributed by atoms with E-state index in [9.17, 15) is 9.59 Å². The molecule has 0 aromatic heterocycles. The third kappa shape index (κ3) is 0.945. The van der Waals surface area contributed by atoms with Crippen molar-refractivity contribution < 1.29 is 19.1 Å². The van der Waals surface area contributed by atoms with E-state index >= 15 is 0 Å². The summed E-state index contributed by atoms with van der Waals surface area (Å²) in [6.07, 6.45) is 4.89. The Kier molecular flexibility index (Phi) is 1.71. The van der Waals surface area contributed by atoms with E-state index in [1.54, 1.807) is 6.08 Å². The minimum absolute atomic E-state index is 0.0173. The lowest BCUT2D eigenvalue weighted by Crippen LogP contribution is -2.55. The van der Waals surface area contributed by atoms with Crippen molar-refractivity contribution in [2.24, 2.45) is 17.3 Å². The summed E-state index contributed by atoms with van der Waals surface area (Å²) >= 11 is 0. The average molecular weight is 248 g/mol. The molecule has 4 heteroatoms. The lowest BCUT2D eigenvalue weighted by molar-refractivity contribution is -0.149. The van der Waals surface area contributed by atoms with Gasteiger partial charge in [-0.15, -0.1) is 0 Å². The lowest BCUT2D eigenvalue weighted by atomic mass is 9.58. The van der Waals surface area contributed by atoms with Crippen LogP contribution in [0.3, 0.4) is 0 Å². The van der Waals surface area contributed by atoms with Gasteiger partial charge in [0.05, 0.1) is 5.92 Å². The van der Waals surface area contributed by atoms with E-state index < -0.39 is 11.7 Å². The summed E-state index contributed by atoms with van der Waals surface area (Å²) in [6.45, 7) is 4.03. The minimum Gasteiger partial charge on any atom is -0.459 e. The number of fused-ring (bicyclic) bond motifs is 1. The van der Waals surface area contributed by atoms with Gasteiger partial charge < -0.3 is 9.47 Å². The third-order valence-electron chi connectivity index (χ3n) is 5.48. The number of ketones is 1. The van der Waals surface area contributed by atoms with Crippen LogP contribution in [0.2, 0.25) is 0 Å². The first-order valence-corrected chi connectivity index (χ1v) is 6.61. The molecule has 0 aromatic carbocycles. The Morgan fingerprint density at radius 2 is 2.17 bits per heavy atom. The van der Waals surface area contributed by atoms with Gasteiger partial charge >= 0.3 is 5.97 Å².